The molecule has 0 heterocycles. The van der Waals surface area contributed by atoms with Crippen LogP contribution in [-0.2, 0) is 6.54 Å². The lowest BCUT2D eigenvalue weighted by Gasteiger charge is -2.30. The number of halogens is 1. The second-order valence-electron chi connectivity index (χ2n) is 5.71. The second kappa shape index (κ2) is 6.72. The van der Waals surface area contributed by atoms with Crippen molar-refractivity contribution >= 4 is 5.69 Å². The standard InChI is InChI=1S/C18H23FN2/c1-13(2)21(12-15-7-5-4-6-8-15)18-10-9-16(14(3)20)11-17(18)19/h4-11,13-14H,12,20H2,1-3H3/t14-/m0/s1. The third kappa shape index (κ3) is 3.82. The Morgan fingerprint density at radius 2 is 1.71 bits per heavy atom. The van der Waals surface area contributed by atoms with Crippen LogP contribution in [0.2, 0.25) is 0 Å². The SMILES string of the molecule is CC(C)N(Cc1ccccc1)c1ccc([C@H](C)N)cc1F. The van der Waals surface area contributed by atoms with Crippen molar-refractivity contribution in [1.29, 1.82) is 0 Å². The smallest absolute Gasteiger partial charge is 0.146 e. The Balaban J connectivity index is 2.30. The fraction of sp³-hybridized carbons (Fsp3) is 0.333. The van der Waals surface area contributed by atoms with E-state index in [2.05, 4.69) is 30.9 Å². The van der Waals surface area contributed by atoms with Gasteiger partial charge < -0.3 is 10.6 Å². The number of anilines is 1. The molecule has 0 bridgehead atoms. The lowest BCUT2D eigenvalue weighted by molar-refractivity contribution is 0.595. The maximum Gasteiger partial charge on any atom is 0.146 e. The van der Waals surface area contributed by atoms with E-state index in [9.17, 15) is 4.39 Å². The molecule has 0 saturated heterocycles. The van der Waals surface area contributed by atoms with Gasteiger partial charge in [-0.3, -0.25) is 0 Å². The minimum Gasteiger partial charge on any atom is -0.362 e. The third-order valence-corrected chi connectivity index (χ3v) is 3.63. The Labute approximate surface area is 126 Å². The van der Waals surface area contributed by atoms with Crippen LogP contribution < -0.4 is 10.6 Å². The van der Waals surface area contributed by atoms with Gasteiger partial charge in [0.05, 0.1) is 5.69 Å². The summed E-state index contributed by atoms with van der Waals surface area (Å²) in [4.78, 5) is 2.07. The normalized spacial score (nSPS) is 12.5. The van der Waals surface area contributed by atoms with Crippen LogP contribution in [0.4, 0.5) is 10.1 Å². The number of nitrogens with zero attached hydrogens (tertiary/aromatic N) is 1. The summed E-state index contributed by atoms with van der Waals surface area (Å²) in [7, 11) is 0. The van der Waals surface area contributed by atoms with Crippen molar-refractivity contribution in [2.45, 2.75) is 39.4 Å². The van der Waals surface area contributed by atoms with Crippen molar-refractivity contribution in [1.82, 2.24) is 0 Å². The number of hydrogen-bond donors (Lipinski definition) is 1. The van der Waals surface area contributed by atoms with E-state index in [1.165, 1.54) is 5.56 Å². The Hall–Kier alpha value is -1.87. The first-order chi connectivity index (χ1) is 9.99. The van der Waals surface area contributed by atoms with Crippen LogP contribution >= 0.6 is 0 Å². The summed E-state index contributed by atoms with van der Waals surface area (Å²) < 4.78 is 14.4. The van der Waals surface area contributed by atoms with E-state index < -0.39 is 0 Å². The molecule has 2 aromatic rings. The van der Waals surface area contributed by atoms with Gasteiger partial charge in [0.15, 0.2) is 0 Å². The van der Waals surface area contributed by atoms with E-state index in [1.54, 1.807) is 6.07 Å². The lowest BCUT2D eigenvalue weighted by Crippen LogP contribution is -2.31. The summed E-state index contributed by atoms with van der Waals surface area (Å²) >= 11 is 0. The minimum atomic E-state index is -0.213. The van der Waals surface area contributed by atoms with Crippen molar-refractivity contribution in [3.63, 3.8) is 0 Å². The third-order valence-electron chi connectivity index (χ3n) is 3.63. The molecule has 0 spiro atoms. The minimum absolute atomic E-state index is 0.157. The molecular formula is C18H23FN2. The molecule has 0 amide bonds. The van der Waals surface area contributed by atoms with Gasteiger partial charge in [-0.2, -0.15) is 0 Å². The predicted molar refractivity (Wildman–Crippen MR) is 86.8 cm³/mol. The summed E-state index contributed by atoms with van der Waals surface area (Å²) in [5.74, 6) is -0.213. The summed E-state index contributed by atoms with van der Waals surface area (Å²) in [6, 6.07) is 15.4. The zero-order valence-corrected chi connectivity index (χ0v) is 12.9. The summed E-state index contributed by atoms with van der Waals surface area (Å²) in [5.41, 5.74) is 8.42. The maximum atomic E-state index is 14.4. The van der Waals surface area contributed by atoms with Crippen LogP contribution in [0, 0.1) is 5.82 Å². The first-order valence-electron chi connectivity index (χ1n) is 7.34. The van der Waals surface area contributed by atoms with E-state index >= 15 is 0 Å². The quantitative estimate of drug-likeness (QED) is 0.890. The Bertz CT molecular complexity index is 579. The molecule has 0 saturated carbocycles. The molecule has 0 aromatic heterocycles. The van der Waals surface area contributed by atoms with Gasteiger partial charge in [-0.15, -0.1) is 0 Å². The van der Waals surface area contributed by atoms with Crippen LogP contribution in [0.5, 0.6) is 0 Å². The average Bonchev–Trinajstić information content (AvgIpc) is 2.46. The van der Waals surface area contributed by atoms with Crippen molar-refractivity contribution < 1.29 is 4.39 Å². The Kier molecular flexibility index (Phi) is 4.97. The highest BCUT2D eigenvalue weighted by atomic mass is 19.1. The molecule has 0 aliphatic rings. The van der Waals surface area contributed by atoms with E-state index in [0.29, 0.717) is 12.2 Å². The van der Waals surface area contributed by atoms with Gasteiger partial charge in [-0.05, 0) is 44.0 Å². The van der Waals surface area contributed by atoms with Crippen molar-refractivity contribution in [3.05, 3.63) is 65.5 Å². The van der Waals surface area contributed by atoms with Gasteiger partial charge in [0, 0.05) is 18.6 Å². The number of rotatable bonds is 5. The molecule has 0 unspecified atom stereocenters. The van der Waals surface area contributed by atoms with Crippen LogP contribution in [-0.4, -0.2) is 6.04 Å². The second-order valence-corrected chi connectivity index (χ2v) is 5.71. The van der Waals surface area contributed by atoms with Crippen molar-refractivity contribution in [3.8, 4) is 0 Å². The molecule has 0 aliphatic carbocycles. The van der Waals surface area contributed by atoms with Crippen LogP contribution in [0.1, 0.15) is 37.9 Å². The maximum absolute atomic E-state index is 14.4. The molecule has 2 nitrogen and oxygen atoms in total. The average molecular weight is 286 g/mol. The molecule has 21 heavy (non-hydrogen) atoms. The van der Waals surface area contributed by atoms with E-state index in [4.69, 9.17) is 5.73 Å². The topological polar surface area (TPSA) is 29.3 Å². The van der Waals surface area contributed by atoms with Gasteiger partial charge in [0.25, 0.3) is 0 Å². The summed E-state index contributed by atoms with van der Waals surface area (Å²) in [6.07, 6.45) is 0. The van der Waals surface area contributed by atoms with Crippen molar-refractivity contribution in [2.24, 2.45) is 5.73 Å². The first-order valence-corrected chi connectivity index (χ1v) is 7.34. The van der Waals surface area contributed by atoms with Crippen molar-refractivity contribution in [2.75, 3.05) is 4.90 Å². The van der Waals surface area contributed by atoms with Crippen LogP contribution in [0.3, 0.4) is 0 Å². The monoisotopic (exact) mass is 286 g/mol. The summed E-state index contributed by atoms with van der Waals surface area (Å²) in [6.45, 7) is 6.69. The molecule has 2 aromatic carbocycles. The zero-order chi connectivity index (χ0) is 15.4. The number of hydrogen-bond acceptors (Lipinski definition) is 2. The predicted octanol–water partition coefficient (Wildman–Crippen LogP) is 4.26. The van der Waals surface area contributed by atoms with Gasteiger partial charge in [-0.1, -0.05) is 36.4 Å². The fourth-order valence-electron chi connectivity index (χ4n) is 2.37. The lowest BCUT2D eigenvalue weighted by atomic mass is 10.1. The molecular weight excluding hydrogens is 263 g/mol. The number of benzene rings is 2. The molecule has 112 valence electrons. The molecule has 2 N–H and O–H groups in total. The molecule has 0 aliphatic heterocycles. The van der Waals surface area contributed by atoms with Gasteiger partial charge in [-0.25, -0.2) is 4.39 Å². The molecule has 0 fully saturated rings. The summed E-state index contributed by atoms with van der Waals surface area (Å²) in [5, 5.41) is 0. The number of nitrogens with two attached hydrogens (primary N) is 1. The largest absolute Gasteiger partial charge is 0.362 e. The van der Waals surface area contributed by atoms with Gasteiger partial charge in [0.2, 0.25) is 0 Å². The Morgan fingerprint density at radius 3 is 2.24 bits per heavy atom. The molecule has 3 heteroatoms. The Morgan fingerprint density at radius 1 is 1.05 bits per heavy atom. The van der Waals surface area contributed by atoms with Gasteiger partial charge in [0.1, 0.15) is 5.82 Å². The molecule has 0 radical (unpaired) electrons. The highest BCUT2D eigenvalue weighted by Crippen LogP contribution is 2.26. The zero-order valence-electron chi connectivity index (χ0n) is 12.9. The molecule has 2 rings (SSSR count). The van der Waals surface area contributed by atoms with E-state index in [0.717, 1.165) is 5.56 Å². The van der Waals surface area contributed by atoms with E-state index in [1.807, 2.05) is 37.3 Å². The molecule has 1 atom stereocenters. The van der Waals surface area contributed by atoms with E-state index in [-0.39, 0.29) is 17.9 Å². The van der Waals surface area contributed by atoms with Crippen LogP contribution in [0.25, 0.3) is 0 Å². The fourth-order valence-corrected chi connectivity index (χ4v) is 2.37. The highest BCUT2D eigenvalue weighted by molar-refractivity contribution is 5.50. The highest BCUT2D eigenvalue weighted by Gasteiger charge is 2.16. The first kappa shape index (κ1) is 15.5. The van der Waals surface area contributed by atoms with Gasteiger partial charge >= 0.3 is 0 Å². The van der Waals surface area contributed by atoms with Crippen LogP contribution in [0.15, 0.2) is 48.5 Å².